The molecule has 2 atom stereocenters. The number of Topliss-reactive ketones (excluding diaryl/α,β-unsaturated/α-hetero) is 1. The molecule has 0 heterocycles. The normalized spacial score (nSPS) is 18.6. The molecule has 0 saturated carbocycles. The van der Waals surface area contributed by atoms with Crippen LogP contribution in [-0.4, -0.2) is 12.9 Å². The Balaban J connectivity index is 1.54. The number of aryl methyl sites for hydroxylation is 1. The number of carbonyl (C=O) groups is 1. The third kappa shape index (κ3) is 5.47. The molecule has 0 saturated heterocycles. The summed E-state index contributed by atoms with van der Waals surface area (Å²) in [6.07, 6.45) is 8.99. The molecule has 0 spiro atoms. The summed E-state index contributed by atoms with van der Waals surface area (Å²) in [5.41, 5.74) is 4.46. The monoisotopic (exact) mass is 532 g/mol. The lowest BCUT2D eigenvalue weighted by molar-refractivity contribution is 0.102. The van der Waals surface area contributed by atoms with E-state index in [1.165, 1.54) is 23.3 Å². The molecular formula is C33H28F4O2. The molecule has 39 heavy (non-hydrogen) atoms. The number of benzene rings is 3. The summed E-state index contributed by atoms with van der Waals surface area (Å²) in [6.45, 7) is 2.07. The summed E-state index contributed by atoms with van der Waals surface area (Å²) in [7, 11) is 1.57. The summed E-state index contributed by atoms with van der Waals surface area (Å²) in [4.78, 5) is 13.6. The number of methoxy groups -OCH3 is 1. The maximum atomic E-state index is 14.7. The first-order valence-electron chi connectivity index (χ1n) is 12.9. The lowest BCUT2D eigenvalue weighted by Gasteiger charge is -2.21. The molecule has 2 aliphatic rings. The van der Waals surface area contributed by atoms with Gasteiger partial charge in [0.25, 0.3) is 0 Å². The Morgan fingerprint density at radius 3 is 2.31 bits per heavy atom. The Hall–Kier alpha value is -3.93. The maximum Gasteiger partial charge on any atom is 0.195 e. The SMILES string of the molecule is COc1c(CCC2=CC(C)=CC2)cccc1C1CC(c2ccc(F)cc2)C=C1C(=O)c1c(F)cc(F)cc1F. The van der Waals surface area contributed by atoms with Gasteiger partial charge in [0.2, 0.25) is 0 Å². The standard InChI is InChI=1S/C33H28F4O2/c1-19-6-7-20(14-19)8-9-22-4-3-5-26(33(22)39-2)27-15-23(21-10-12-24(34)13-11-21)16-28(27)32(38)31-29(36)17-25(35)18-30(31)37/h3-6,10-14,16-18,23,27H,7-9,15H2,1-2H3. The van der Waals surface area contributed by atoms with Crippen molar-refractivity contribution in [2.45, 2.75) is 44.4 Å². The van der Waals surface area contributed by atoms with Gasteiger partial charge in [0.05, 0.1) is 12.7 Å². The highest BCUT2D eigenvalue weighted by molar-refractivity contribution is 6.10. The molecule has 0 radical (unpaired) electrons. The zero-order chi connectivity index (χ0) is 27.7. The minimum Gasteiger partial charge on any atom is -0.496 e. The van der Waals surface area contributed by atoms with Crippen LogP contribution in [-0.2, 0) is 6.42 Å². The van der Waals surface area contributed by atoms with E-state index in [0.717, 1.165) is 36.0 Å². The van der Waals surface area contributed by atoms with Crippen LogP contribution in [0.2, 0.25) is 0 Å². The van der Waals surface area contributed by atoms with E-state index in [1.807, 2.05) is 18.2 Å². The molecule has 0 bridgehead atoms. The van der Waals surface area contributed by atoms with Gasteiger partial charge in [-0.05, 0) is 55.9 Å². The van der Waals surface area contributed by atoms with Gasteiger partial charge < -0.3 is 4.74 Å². The van der Waals surface area contributed by atoms with Crippen molar-refractivity contribution in [1.82, 2.24) is 0 Å². The van der Waals surface area contributed by atoms with Crippen LogP contribution in [0, 0.1) is 23.3 Å². The zero-order valence-corrected chi connectivity index (χ0v) is 21.7. The first-order chi connectivity index (χ1) is 18.7. The van der Waals surface area contributed by atoms with Crippen molar-refractivity contribution < 1.29 is 27.1 Å². The number of halogens is 4. The molecule has 3 aromatic rings. The highest BCUT2D eigenvalue weighted by Gasteiger charge is 2.37. The zero-order valence-electron chi connectivity index (χ0n) is 21.7. The third-order valence-electron chi connectivity index (χ3n) is 7.58. The van der Waals surface area contributed by atoms with Crippen molar-refractivity contribution in [3.8, 4) is 5.75 Å². The van der Waals surface area contributed by atoms with E-state index >= 15 is 0 Å². The van der Waals surface area contributed by atoms with Crippen molar-refractivity contribution in [2.75, 3.05) is 7.11 Å². The minimum absolute atomic E-state index is 0.197. The number of ketones is 1. The fourth-order valence-electron chi connectivity index (χ4n) is 5.68. The van der Waals surface area contributed by atoms with Gasteiger partial charge in [-0.1, -0.05) is 59.7 Å². The lowest BCUT2D eigenvalue weighted by Crippen LogP contribution is -2.14. The molecule has 2 aliphatic carbocycles. The molecule has 0 aliphatic heterocycles. The first kappa shape index (κ1) is 26.7. The van der Waals surface area contributed by atoms with Gasteiger partial charge in [-0.2, -0.15) is 0 Å². The number of hydrogen-bond acceptors (Lipinski definition) is 2. The second-order valence-electron chi connectivity index (χ2n) is 10.1. The lowest BCUT2D eigenvalue weighted by atomic mass is 9.84. The van der Waals surface area contributed by atoms with Gasteiger partial charge in [-0.25, -0.2) is 17.6 Å². The van der Waals surface area contributed by atoms with E-state index in [-0.39, 0.29) is 17.3 Å². The van der Waals surface area contributed by atoms with Gasteiger partial charge in [0.1, 0.15) is 29.0 Å². The van der Waals surface area contributed by atoms with Crippen LogP contribution in [0.5, 0.6) is 5.75 Å². The van der Waals surface area contributed by atoms with Crippen LogP contribution < -0.4 is 4.74 Å². The Morgan fingerprint density at radius 1 is 0.949 bits per heavy atom. The summed E-state index contributed by atoms with van der Waals surface area (Å²) >= 11 is 0. The summed E-state index contributed by atoms with van der Waals surface area (Å²) in [6, 6.07) is 12.7. The average Bonchev–Trinajstić information content (AvgIpc) is 3.53. The molecule has 5 rings (SSSR count). The molecule has 6 heteroatoms. The van der Waals surface area contributed by atoms with Crippen molar-refractivity contribution in [2.24, 2.45) is 0 Å². The van der Waals surface area contributed by atoms with E-state index in [1.54, 1.807) is 25.3 Å². The van der Waals surface area contributed by atoms with Gasteiger partial charge >= 0.3 is 0 Å². The summed E-state index contributed by atoms with van der Waals surface area (Å²) in [5.74, 6) is -5.04. The van der Waals surface area contributed by atoms with Gasteiger partial charge in [-0.15, -0.1) is 0 Å². The first-order valence-corrected chi connectivity index (χ1v) is 12.9. The number of allylic oxidation sites excluding steroid dienone is 6. The fourth-order valence-corrected chi connectivity index (χ4v) is 5.68. The van der Waals surface area contributed by atoms with E-state index in [0.29, 0.717) is 24.3 Å². The minimum atomic E-state index is -1.25. The number of ether oxygens (including phenoxy) is 1. The van der Waals surface area contributed by atoms with E-state index in [4.69, 9.17) is 4.74 Å². The van der Waals surface area contributed by atoms with Gasteiger partial charge in [0, 0.05) is 35.1 Å². The second-order valence-corrected chi connectivity index (χ2v) is 10.1. The molecule has 0 fully saturated rings. The second kappa shape index (κ2) is 11.0. The average molecular weight is 533 g/mol. The van der Waals surface area contributed by atoms with E-state index < -0.39 is 34.7 Å². The summed E-state index contributed by atoms with van der Waals surface area (Å²) in [5, 5.41) is 0. The van der Waals surface area contributed by atoms with E-state index in [2.05, 4.69) is 19.1 Å². The number of hydrogen-bond donors (Lipinski definition) is 0. The third-order valence-corrected chi connectivity index (χ3v) is 7.58. The fraction of sp³-hybridized carbons (Fsp3) is 0.242. The highest BCUT2D eigenvalue weighted by Crippen LogP contribution is 2.48. The van der Waals surface area contributed by atoms with Crippen molar-refractivity contribution in [1.29, 1.82) is 0 Å². The molecule has 3 aromatic carbocycles. The predicted molar refractivity (Wildman–Crippen MR) is 143 cm³/mol. The van der Waals surface area contributed by atoms with Crippen LogP contribution in [0.15, 0.2) is 89.5 Å². The molecule has 200 valence electrons. The van der Waals surface area contributed by atoms with Crippen LogP contribution >= 0.6 is 0 Å². The topological polar surface area (TPSA) is 26.3 Å². The van der Waals surface area contributed by atoms with Crippen LogP contribution in [0.4, 0.5) is 17.6 Å². The largest absolute Gasteiger partial charge is 0.496 e. The quantitative estimate of drug-likeness (QED) is 0.215. The van der Waals surface area contributed by atoms with Crippen LogP contribution in [0.3, 0.4) is 0 Å². The molecule has 2 nitrogen and oxygen atoms in total. The van der Waals surface area contributed by atoms with E-state index in [9.17, 15) is 22.4 Å². The Labute approximate surface area is 225 Å². The summed E-state index contributed by atoms with van der Waals surface area (Å²) < 4.78 is 62.4. The Kier molecular flexibility index (Phi) is 7.56. The maximum absolute atomic E-state index is 14.7. The number of para-hydroxylation sites is 1. The molecule has 0 aromatic heterocycles. The van der Waals surface area contributed by atoms with Crippen molar-refractivity contribution in [3.63, 3.8) is 0 Å². The number of carbonyl (C=O) groups excluding carboxylic acids is 1. The molecular weight excluding hydrogens is 504 g/mol. The van der Waals surface area contributed by atoms with Crippen LogP contribution in [0.25, 0.3) is 0 Å². The Morgan fingerprint density at radius 2 is 1.67 bits per heavy atom. The Bertz CT molecular complexity index is 1490. The highest BCUT2D eigenvalue weighted by atomic mass is 19.1. The molecule has 2 unspecified atom stereocenters. The van der Waals surface area contributed by atoms with Crippen molar-refractivity contribution >= 4 is 5.78 Å². The number of rotatable bonds is 8. The predicted octanol–water partition coefficient (Wildman–Crippen LogP) is 8.54. The smallest absolute Gasteiger partial charge is 0.195 e. The van der Waals surface area contributed by atoms with Gasteiger partial charge in [0.15, 0.2) is 5.78 Å². The van der Waals surface area contributed by atoms with Crippen molar-refractivity contribution in [3.05, 3.63) is 135 Å². The molecule has 0 N–H and O–H groups in total. The molecule has 0 amide bonds. The van der Waals surface area contributed by atoms with Crippen LogP contribution in [0.1, 0.15) is 65.1 Å². The van der Waals surface area contributed by atoms with Gasteiger partial charge in [-0.3, -0.25) is 4.79 Å².